The van der Waals surface area contributed by atoms with Crippen molar-refractivity contribution >= 4 is 17.9 Å². The van der Waals surface area contributed by atoms with Crippen molar-refractivity contribution in [2.45, 2.75) is 10.3 Å². The number of thioether (sulfide) groups is 1. The summed E-state index contributed by atoms with van der Waals surface area (Å²) in [6.07, 6.45) is -0.363. The van der Waals surface area contributed by atoms with E-state index in [9.17, 15) is 4.79 Å². The molecule has 2 aliphatic rings. The van der Waals surface area contributed by atoms with Crippen molar-refractivity contribution in [2.75, 3.05) is 13.4 Å². The highest BCUT2D eigenvalue weighted by molar-refractivity contribution is 8.00. The highest BCUT2D eigenvalue weighted by Gasteiger charge is 2.23. The molecule has 0 radical (unpaired) electrons. The van der Waals surface area contributed by atoms with Crippen LogP contribution < -0.4 is 14.8 Å². The van der Waals surface area contributed by atoms with E-state index in [-0.39, 0.29) is 18.3 Å². The lowest BCUT2D eigenvalue weighted by Crippen LogP contribution is -2.22. The molecule has 2 heterocycles. The second-order valence-corrected chi connectivity index (χ2v) is 4.64. The Morgan fingerprint density at radius 2 is 2.12 bits per heavy atom. The molecule has 0 saturated carbocycles. The monoisotopic (exact) mass is 239 g/mol. The quantitative estimate of drug-likeness (QED) is 0.849. The number of nitrogens with one attached hydrogen (secondary N) is 1. The van der Waals surface area contributed by atoms with E-state index in [2.05, 4.69) is 5.32 Å². The molecule has 0 aliphatic carbocycles. The van der Waals surface area contributed by atoms with Crippen molar-refractivity contribution in [3.63, 3.8) is 0 Å². The van der Waals surface area contributed by atoms with Crippen LogP contribution in [0.5, 0.6) is 11.5 Å². The number of rotatable bonds is 2. The molecule has 0 bridgehead atoms. The third-order valence-electron chi connectivity index (χ3n) is 2.27. The molecule has 2 aliphatic heterocycles. The SMILES string of the molecule is O=C1NC(Sc2ccc3c(c2)OCO3)CO1. The molecule has 1 amide bonds. The van der Waals surface area contributed by atoms with Crippen LogP contribution in [0.25, 0.3) is 0 Å². The lowest BCUT2D eigenvalue weighted by atomic mass is 10.3. The fraction of sp³-hybridized carbons (Fsp3) is 0.300. The zero-order valence-corrected chi connectivity index (χ0v) is 9.08. The maximum atomic E-state index is 10.8. The van der Waals surface area contributed by atoms with Crippen molar-refractivity contribution in [3.05, 3.63) is 18.2 Å². The van der Waals surface area contributed by atoms with E-state index < -0.39 is 0 Å². The van der Waals surface area contributed by atoms with Gasteiger partial charge in [0.15, 0.2) is 11.5 Å². The molecule has 6 heteroatoms. The van der Waals surface area contributed by atoms with Gasteiger partial charge in [0.25, 0.3) is 0 Å². The Labute approximate surface area is 96.1 Å². The van der Waals surface area contributed by atoms with Gasteiger partial charge in [-0.1, -0.05) is 11.8 Å². The topological polar surface area (TPSA) is 56.8 Å². The first-order chi connectivity index (χ1) is 7.81. The van der Waals surface area contributed by atoms with Crippen LogP contribution in [0.1, 0.15) is 0 Å². The smallest absolute Gasteiger partial charge is 0.408 e. The lowest BCUT2D eigenvalue weighted by molar-refractivity contribution is 0.174. The standard InChI is InChI=1S/C10H9NO4S/c12-10-11-9(4-13-10)16-6-1-2-7-8(3-6)15-5-14-7/h1-3,9H,4-5H2,(H,11,12). The number of benzene rings is 1. The Balaban J connectivity index is 1.73. The maximum Gasteiger partial charge on any atom is 0.408 e. The molecule has 84 valence electrons. The Kier molecular flexibility index (Phi) is 2.28. The van der Waals surface area contributed by atoms with Crippen molar-refractivity contribution in [1.29, 1.82) is 0 Å². The molecule has 5 nitrogen and oxygen atoms in total. The van der Waals surface area contributed by atoms with Gasteiger partial charge in [0.2, 0.25) is 6.79 Å². The zero-order valence-electron chi connectivity index (χ0n) is 8.26. The summed E-state index contributed by atoms with van der Waals surface area (Å²) < 4.78 is 15.3. The van der Waals surface area contributed by atoms with Crippen molar-refractivity contribution in [3.8, 4) is 11.5 Å². The Hall–Kier alpha value is -1.56. The van der Waals surface area contributed by atoms with Crippen molar-refractivity contribution in [1.82, 2.24) is 5.32 Å². The van der Waals surface area contributed by atoms with Crippen LogP contribution in [0, 0.1) is 0 Å². The third-order valence-corrected chi connectivity index (χ3v) is 3.33. The zero-order chi connectivity index (χ0) is 11.0. The van der Waals surface area contributed by atoms with Gasteiger partial charge >= 0.3 is 6.09 Å². The van der Waals surface area contributed by atoms with Gasteiger partial charge in [-0.25, -0.2) is 4.79 Å². The van der Waals surface area contributed by atoms with Crippen LogP contribution in [0.15, 0.2) is 23.1 Å². The van der Waals surface area contributed by atoms with Crippen LogP contribution in [0.3, 0.4) is 0 Å². The van der Waals surface area contributed by atoms with E-state index >= 15 is 0 Å². The number of carbonyl (C=O) groups excluding carboxylic acids is 1. The van der Waals surface area contributed by atoms with E-state index in [0.717, 1.165) is 16.4 Å². The predicted molar refractivity (Wildman–Crippen MR) is 56.7 cm³/mol. The molecule has 3 rings (SSSR count). The van der Waals surface area contributed by atoms with E-state index in [0.29, 0.717) is 6.61 Å². The molecule has 1 fully saturated rings. The number of hydrogen-bond acceptors (Lipinski definition) is 5. The minimum atomic E-state index is -0.363. The number of ether oxygens (including phenoxy) is 3. The van der Waals surface area contributed by atoms with E-state index in [1.807, 2.05) is 18.2 Å². The van der Waals surface area contributed by atoms with Gasteiger partial charge in [0.1, 0.15) is 12.0 Å². The van der Waals surface area contributed by atoms with Gasteiger partial charge in [-0.3, -0.25) is 0 Å². The number of fused-ring (bicyclic) bond motifs is 1. The van der Waals surface area contributed by atoms with Crippen LogP contribution in [-0.4, -0.2) is 24.9 Å². The molecule has 0 spiro atoms. The first kappa shape index (κ1) is 9.65. The van der Waals surface area contributed by atoms with Crippen LogP contribution >= 0.6 is 11.8 Å². The minimum Gasteiger partial charge on any atom is -0.454 e. The molecule has 16 heavy (non-hydrogen) atoms. The fourth-order valence-corrected chi connectivity index (χ4v) is 2.49. The summed E-state index contributed by atoms with van der Waals surface area (Å²) in [6, 6.07) is 5.70. The molecule has 1 atom stereocenters. The van der Waals surface area contributed by atoms with E-state index in [1.54, 1.807) is 0 Å². The largest absolute Gasteiger partial charge is 0.454 e. The minimum absolute atomic E-state index is 0.0344. The number of alkyl carbamates (subject to hydrolysis) is 1. The molecule has 1 unspecified atom stereocenters. The van der Waals surface area contributed by atoms with Gasteiger partial charge in [0, 0.05) is 4.90 Å². The van der Waals surface area contributed by atoms with E-state index in [4.69, 9.17) is 14.2 Å². The van der Waals surface area contributed by atoms with Crippen LogP contribution in [0.2, 0.25) is 0 Å². The molecular weight excluding hydrogens is 230 g/mol. The molecule has 1 aromatic carbocycles. The highest BCUT2D eigenvalue weighted by atomic mass is 32.2. The Bertz CT molecular complexity index is 437. The Morgan fingerprint density at radius 1 is 1.25 bits per heavy atom. The lowest BCUT2D eigenvalue weighted by Gasteiger charge is -2.07. The normalized spacial score (nSPS) is 21.8. The number of hydrogen-bond donors (Lipinski definition) is 1. The van der Waals surface area contributed by atoms with Gasteiger partial charge in [-0.15, -0.1) is 0 Å². The second-order valence-electron chi connectivity index (χ2n) is 3.36. The summed E-state index contributed by atoms with van der Waals surface area (Å²) >= 11 is 1.53. The van der Waals surface area contributed by atoms with Gasteiger partial charge < -0.3 is 19.5 Å². The number of amides is 1. The summed E-state index contributed by atoms with van der Waals surface area (Å²) in [5, 5.41) is 2.67. The van der Waals surface area contributed by atoms with Crippen molar-refractivity contribution < 1.29 is 19.0 Å². The summed E-state index contributed by atoms with van der Waals surface area (Å²) in [4.78, 5) is 11.9. The van der Waals surface area contributed by atoms with Gasteiger partial charge in [0.05, 0.1) is 0 Å². The molecular formula is C10H9NO4S. The average molecular weight is 239 g/mol. The molecule has 1 aromatic rings. The molecule has 1 N–H and O–H groups in total. The summed E-state index contributed by atoms with van der Waals surface area (Å²) in [5.74, 6) is 1.51. The van der Waals surface area contributed by atoms with E-state index in [1.165, 1.54) is 11.8 Å². The second kappa shape index (κ2) is 3.79. The van der Waals surface area contributed by atoms with Gasteiger partial charge in [-0.05, 0) is 18.2 Å². The predicted octanol–water partition coefficient (Wildman–Crippen LogP) is 1.57. The van der Waals surface area contributed by atoms with Crippen LogP contribution in [0.4, 0.5) is 4.79 Å². The summed E-state index contributed by atoms with van der Waals surface area (Å²) in [5.41, 5.74) is 0. The fourth-order valence-electron chi connectivity index (χ4n) is 1.54. The molecule has 0 aromatic heterocycles. The number of carbonyl (C=O) groups is 1. The first-order valence-corrected chi connectivity index (χ1v) is 5.69. The average Bonchev–Trinajstić information content (AvgIpc) is 2.87. The summed E-state index contributed by atoms with van der Waals surface area (Å²) in [6.45, 7) is 0.657. The highest BCUT2D eigenvalue weighted by Crippen LogP contribution is 2.36. The maximum absolute atomic E-state index is 10.8. The number of cyclic esters (lactones) is 1. The van der Waals surface area contributed by atoms with Crippen LogP contribution in [-0.2, 0) is 4.74 Å². The first-order valence-electron chi connectivity index (χ1n) is 4.81. The third kappa shape index (κ3) is 1.76. The van der Waals surface area contributed by atoms with Gasteiger partial charge in [-0.2, -0.15) is 0 Å². The summed E-state index contributed by atoms with van der Waals surface area (Å²) in [7, 11) is 0. The molecule has 1 saturated heterocycles. The Morgan fingerprint density at radius 3 is 2.94 bits per heavy atom. The van der Waals surface area contributed by atoms with Crippen molar-refractivity contribution in [2.24, 2.45) is 0 Å².